The van der Waals surface area contributed by atoms with Crippen LogP contribution in [0.5, 0.6) is 0 Å². The molecule has 0 saturated heterocycles. The maximum atomic E-state index is 12.5. The zero-order chi connectivity index (χ0) is 21.8. The number of rotatable bonds is 14. The van der Waals surface area contributed by atoms with Crippen LogP contribution < -0.4 is 0 Å². The van der Waals surface area contributed by atoms with Crippen molar-refractivity contribution in [1.82, 2.24) is 0 Å². The Kier molecular flexibility index (Phi) is 13.5. The van der Waals surface area contributed by atoms with E-state index in [1.54, 1.807) is 6.92 Å². The summed E-state index contributed by atoms with van der Waals surface area (Å²) in [5.74, 6) is 0. The Balaban J connectivity index is 4.44. The second-order valence-corrected chi connectivity index (χ2v) is 12.7. The van der Waals surface area contributed by atoms with E-state index < -0.39 is 20.4 Å². The molecule has 0 saturated carbocycles. The third kappa shape index (κ3) is 12.9. The van der Waals surface area contributed by atoms with Crippen molar-refractivity contribution in [3.8, 4) is 0 Å². The van der Waals surface area contributed by atoms with Gasteiger partial charge in [0.05, 0.1) is 6.61 Å². The molecule has 0 rings (SSSR count). The van der Waals surface area contributed by atoms with E-state index in [-0.39, 0.29) is 13.0 Å². The van der Waals surface area contributed by atoms with Gasteiger partial charge in [-0.05, 0) is 79.6 Å². The normalized spacial score (nSPS) is 16.6. The summed E-state index contributed by atoms with van der Waals surface area (Å²) < 4.78 is 29.3. The Labute approximate surface area is 172 Å². The summed E-state index contributed by atoms with van der Waals surface area (Å²) >= 11 is 0. The molecule has 164 valence electrons. The molecule has 0 fully saturated rings. The predicted octanol–water partition coefficient (Wildman–Crippen LogP) is 7.02. The lowest BCUT2D eigenvalue weighted by atomic mass is 10.1. The fraction of sp³-hybridized carbons (Fsp3) is 0.714. The smallest absolute Gasteiger partial charge is 0.328 e. The summed E-state index contributed by atoms with van der Waals surface area (Å²) in [6.07, 6.45) is 12.3. The van der Waals surface area contributed by atoms with Gasteiger partial charge in [-0.1, -0.05) is 34.9 Å². The van der Waals surface area contributed by atoms with Gasteiger partial charge < -0.3 is 14.3 Å². The SMILES string of the molecule is CCOP(C)(=O)C(CCCC=C(C)CCC=C(C)CCC=C(C)C)P(=O)(O)O. The molecule has 5 nitrogen and oxygen atoms in total. The Morgan fingerprint density at radius 3 is 1.89 bits per heavy atom. The molecule has 0 aliphatic rings. The van der Waals surface area contributed by atoms with Crippen molar-refractivity contribution >= 4 is 15.0 Å². The molecule has 2 atom stereocenters. The van der Waals surface area contributed by atoms with Gasteiger partial charge in [0.1, 0.15) is 5.40 Å². The molecule has 0 aliphatic carbocycles. The summed E-state index contributed by atoms with van der Waals surface area (Å²) in [6.45, 7) is 11.7. The summed E-state index contributed by atoms with van der Waals surface area (Å²) in [6, 6.07) is 0. The molecule has 2 unspecified atom stereocenters. The van der Waals surface area contributed by atoms with Gasteiger partial charge in [0.25, 0.3) is 0 Å². The van der Waals surface area contributed by atoms with Crippen LogP contribution in [-0.2, 0) is 13.7 Å². The van der Waals surface area contributed by atoms with Crippen LogP contribution in [0.1, 0.15) is 79.6 Å². The number of allylic oxidation sites excluding steroid dienone is 6. The molecule has 2 N–H and O–H groups in total. The Bertz CT molecular complexity index is 639. The minimum absolute atomic E-state index is 0.185. The summed E-state index contributed by atoms with van der Waals surface area (Å²) in [4.78, 5) is 19.1. The van der Waals surface area contributed by atoms with Crippen molar-refractivity contribution in [3.05, 3.63) is 34.9 Å². The first-order chi connectivity index (χ1) is 12.9. The van der Waals surface area contributed by atoms with E-state index in [2.05, 4.69) is 45.9 Å². The highest BCUT2D eigenvalue weighted by atomic mass is 31.2. The lowest BCUT2D eigenvalue weighted by molar-refractivity contribution is 0.321. The summed E-state index contributed by atoms with van der Waals surface area (Å²) in [7, 11) is -7.78. The first-order valence-corrected chi connectivity index (χ1v) is 13.9. The van der Waals surface area contributed by atoms with Gasteiger partial charge in [-0.15, -0.1) is 0 Å². The first kappa shape index (κ1) is 27.6. The minimum atomic E-state index is -4.46. The zero-order valence-electron chi connectivity index (χ0n) is 18.5. The maximum absolute atomic E-state index is 12.5. The van der Waals surface area contributed by atoms with Gasteiger partial charge in [0.2, 0.25) is 7.37 Å². The third-order valence-electron chi connectivity index (χ3n) is 4.60. The maximum Gasteiger partial charge on any atom is 0.338 e. The van der Waals surface area contributed by atoms with Crippen molar-refractivity contribution in [3.63, 3.8) is 0 Å². The van der Waals surface area contributed by atoms with E-state index in [4.69, 9.17) is 4.52 Å². The quantitative estimate of drug-likeness (QED) is 0.174. The monoisotopic (exact) mass is 434 g/mol. The van der Waals surface area contributed by atoms with Gasteiger partial charge in [-0.2, -0.15) is 0 Å². The standard InChI is InChI=1S/C21H40O5P2/c1-7-26-27(6,22)21(28(23,24)25)17-9-8-13-19(4)15-11-16-20(5)14-10-12-18(2)3/h12-13,16,21H,7-11,14-15,17H2,1-6H3,(H2,23,24,25). The van der Waals surface area contributed by atoms with Crippen LogP contribution in [0, 0.1) is 0 Å². The molecule has 0 aromatic rings. The van der Waals surface area contributed by atoms with Gasteiger partial charge in [0.15, 0.2) is 0 Å². The molecule has 0 heterocycles. The van der Waals surface area contributed by atoms with Gasteiger partial charge >= 0.3 is 7.60 Å². The molecule has 0 radical (unpaired) electrons. The highest BCUT2D eigenvalue weighted by Gasteiger charge is 2.41. The van der Waals surface area contributed by atoms with Crippen molar-refractivity contribution in [2.45, 2.75) is 85.0 Å². The highest BCUT2D eigenvalue weighted by Crippen LogP contribution is 2.64. The topological polar surface area (TPSA) is 83.8 Å². The second-order valence-electron chi connectivity index (χ2n) is 7.79. The van der Waals surface area contributed by atoms with Crippen LogP contribution >= 0.6 is 15.0 Å². The fourth-order valence-corrected chi connectivity index (χ4v) is 7.25. The van der Waals surface area contributed by atoms with Crippen LogP contribution in [0.4, 0.5) is 0 Å². The molecule has 28 heavy (non-hydrogen) atoms. The molecule has 0 bridgehead atoms. The van der Waals surface area contributed by atoms with Gasteiger partial charge in [-0.25, -0.2) is 0 Å². The van der Waals surface area contributed by atoms with Crippen LogP contribution in [-0.4, -0.2) is 28.5 Å². The molecule has 0 aromatic heterocycles. The van der Waals surface area contributed by atoms with Gasteiger partial charge in [0, 0.05) is 6.66 Å². The number of unbranched alkanes of at least 4 members (excludes halogenated alkanes) is 1. The number of hydrogen-bond acceptors (Lipinski definition) is 3. The molecule has 0 aliphatic heterocycles. The van der Waals surface area contributed by atoms with Crippen molar-refractivity contribution in [1.29, 1.82) is 0 Å². The largest absolute Gasteiger partial charge is 0.338 e. The van der Waals surface area contributed by atoms with E-state index in [0.717, 1.165) is 32.1 Å². The van der Waals surface area contributed by atoms with Crippen molar-refractivity contribution in [2.75, 3.05) is 13.3 Å². The van der Waals surface area contributed by atoms with Crippen molar-refractivity contribution in [2.24, 2.45) is 0 Å². The third-order valence-corrected chi connectivity index (χ3v) is 9.90. The van der Waals surface area contributed by atoms with Crippen LogP contribution in [0.25, 0.3) is 0 Å². The molecule has 0 amide bonds. The lowest BCUT2D eigenvalue weighted by Crippen LogP contribution is -2.11. The lowest BCUT2D eigenvalue weighted by Gasteiger charge is -2.24. The zero-order valence-corrected chi connectivity index (χ0v) is 20.3. The average molecular weight is 434 g/mol. The molecule has 0 spiro atoms. The Hall–Kier alpha value is -0.440. The molecule has 7 heteroatoms. The van der Waals surface area contributed by atoms with Crippen LogP contribution in [0.3, 0.4) is 0 Å². The van der Waals surface area contributed by atoms with E-state index >= 15 is 0 Å². The molecular formula is C21H40O5P2. The first-order valence-electron chi connectivity index (χ1n) is 10.1. The summed E-state index contributed by atoms with van der Waals surface area (Å²) in [5, 5.41) is -1.21. The fourth-order valence-electron chi connectivity index (χ4n) is 3.01. The van der Waals surface area contributed by atoms with Gasteiger partial charge in [-0.3, -0.25) is 9.13 Å². The Morgan fingerprint density at radius 1 is 0.929 bits per heavy atom. The summed E-state index contributed by atoms with van der Waals surface area (Å²) in [5.41, 5.74) is 4.03. The number of hydrogen-bond donors (Lipinski definition) is 2. The Morgan fingerprint density at radius 2 is 1.43 bits per heavy atom. The van der Waals surface area contributed by atoms with E-state index in [9.17, 15) is 18.9 Å². The molecule has 0 aromatic carbocycles. The van der Waals surface area contributed by atoms with Crippen molar-refractivity contribution < 1.29 is 23.4 Å². The van der Waals surface area contributed by atoms with E-state index in [1.807, 2.05) is 0 Å². The van der Waals surface area contributed by atoms with Crippen LogP contribution in [0.2, 0.25) is 0 Å². The highest BCUT2D eigenvalue weighted by molar-refractivity contribution is 7.74. The molecular weight excluding hydrogens is 394 g/mol. The predicted molar refractivity (Wildman–Crippen MR) is 120 cm³/mol. The van der Waals surface area contributed by atoms with Crippen LogP contribution in [0.15, 0.2) is 34.9 Å². The average Bonchev–Trinajstić information content (AvgIpc) is 2.52. The van der Waals surface area contributed by atoms with E-state index in [0.29, 0.717) is 6.42 Å². The second kappa shape index (κ2) is 13.7. The van der Waals surface area contributed by atoms with E-state index in [1.165, 1.54) is 23.4 Å². The minimum Gasteiger partial charge on any atom is -0.328 e.